The summed E-state index contributed by atoms with van der Waals surface area (Å²) in [5, 5.41) is 5.80. The Bertz CT molecular complexity index is 749. The maximum absolute atomic E-state index is 4.52. The normalized spacial score (nSPS) is 18.5. The summed E-state index contributed by atoms with van der Waals surface area (Å²) >= 11 is 1.91. The van der Waals surface area contributed by atoms with Gasteiger partial charge in [-0.3, -0.25) is 9.89 Å². The number of benzene rings is 1. The molecular weight excluding hydrogens is 354 g/mol. The number of nitrogens with one attached hydrogen (secondary N) is 1. The van der Waals surface area contributed by atoms with Gasteiger partial charge < -0.3 is 15.1 Å². The van der Waals surface area contributed by atoms with E-state index in [0.717, 1.165) is 51.8 Å². The zero-order valence-electron chi connectivity index (χ0n) is 16.1. The van der Waals surface area contributed by atoms with E-state index in [1.165, 1.54) is 24.2 Å². The van der Waals surface area contributed by atoms with Gasteiger partial charge in [0.05, 0.1) is 0 Å². The van der Waals surface area contributed by atoms with Crippen molar-refractivity contribution in [1.82, 2.24) is 15.1 Å². The fourth-order valence-electron chi connectivity index (χ4n) is 3.97. The minimum Gasteiger partial charge on any atom is -0.368 e. The number of anilines is 1. The van der Waals surface area contributed by atoms with Gasteiger partial charge in [0.25, 0.3) is 0 Å². The van der Waals surface area contributed by atoms with Crippen LogP contribution < -0.4 is 10.2 Å². The fraction of sp³-hybridized carbons (Fsp3) is 0.476. The first-order valence-corrected chi connectivity index (χ1v) is 10.7. The van der Waals surface area contributed by atoms with Crippen molar-refractivity contribution >= 4 is 23.0 Å². The molecule has 0 spiro atoms. The molecule has 0 saturated carbocycles. The molecule has 1 aromatic carbocycles. The summed E-state index contributed by atoms with van der Waals surface area (Å²) in [6.45, 7) is 8.38. The van der Waals surface area contributed by atoms with Crippen molar-refractivity contribution < 1.29 is 0 Å². The maximum Gasteiger partial charge on any atom is 0.193 e. The van der Waals surface area contributed by atoms with E-state index in [-0.39, 0.29) is 0 Å². The number of aliphatic imine (C=N–C) groups is 1. The lowest BCUT2D eigenvalue weighted by Crippen LogP contribution is -2.53. The number of guanidine groups is 1. The van der Waals surface area contributed by atoms with E-state index in [4.69, 9.17) is 0 Å². The summed E-state index contributed by atoms with van der Waals surface area (Å²) in [7, 11) is 1.89. The van der Waals surface area contributed by atoms with Gasteiger partial charge in [-0.2, -0.15) is 0 Å². The SMILES string of the molecule is CN=C(NCCN1CCc2sccc2C1)N1CCN(c2ccccc2)CC1. The number of piperazine rings is 1. The molecule has 2 aliphatic heterocycles. The zero-order chi connectivity index (χ0) is 18.5. The number of rotatable bonds is 4. The van der Waals surface area contributed by atoms with E-state index < -0.39 is 0 Å². The molecule has 4 rings (SSSR count). The molecule has 6 heteroatoms. The molecule has 1 N–H and O–H groups in total. The molecular formula is C21H29N5S. The summed E-state index contributed by atoms with van der Waals surface area (Å²) in [4.78, 5) is 13.5. The average Bonchev–Trinajstić information content (AvgIpc) is 3.20. The van der Waals surface area contributed by atoms with Crippen molar-refractivity contribution in [3.8, 4) is 0 Å². The molecule has 0 aliphatic carbocycles. The molecule has 0 atom stereocenters. The van der Waals surface area contributed by atoms with Crippen LogP contribution in [0.15, 0.2) is 46.8 Å². The molecule has 2 aliphatic rings. The largest absolute Gasteiger partial charge is 0.368 e. The molecule has 27 heavy (non-hydrogen) atoms. The van der Waals surface area contributed by atoms with E-state index in [1.54, 1.807) is 4.88 Å². The van der Waals surface area contributed by atoms with Crippen molar-refractivity contribution in [2.75, 3.05) is 57.8 Å². The number of hydrogen-bond donors (Lipinski definition) is 1. The molecule has 0 amide bonds. The average molecular weight is 384 g/mol. The summed E-state index contributed by atoms with van der Waals surface area (Å²) in [5.41, 5.74) is 2.84. The Labute approximate surface area is 166 Å². The molecule has 144 valence electrons. The number of fused-ring (bicyclic) bond motifs is 1. The second kappa shape index (κ2) is 8.76. The number of para-hydroxylation sites is 1. The molecule has 1 fully saturated rings. The van der Waals surface area contributed by atoms with Crippen LogP contribution in [0.1, 0.15) is 10.4 Å². The first-order chi connectivity index (χ1) is 13.3. The summed E-state index contributed by atoms with van der Waals surface area (Å²) in [6, 6.07) is 13.0. The molecule has 2 aromatic rings. The van der Waals surface area contributed by atoms with Gasteiger partial charge in [-0.25, -0.2) is 0 Å². The van der Waals surface area contributed by atoms with Crippen LogP contribution in [-0.4, -0.2) is 68.6 Å². The minimum absolute atomic E-state index is 0.949. The molecule has 0 radical (unpaired) electrons. The highest BCUT2D eigenvalue weighted by atomic mass is 32.1. The second-order valence-electron chi connectivity index (χ2n) is 7.18. The second-order valence-corrected chi connectivity index (χ2v) is 8.18. The van der Waals surface area contributed by atoms with E-state index in [0.29, 0.717) is 0 Å². The first kappa shape index (κ1) is 18.3. The van der Waals surface area contributed by atoms with Crippen LogP contribution in [0.3, 0.4) is 0 Å². The van der Waals surface area contributed by atoms with Gasteiger partial charge in [-0.15, -0.1) is 11.3 Å². The topological polar surface area (TPSA) is 34.1 Å². The molecule has 5 nitrogen and oxygen atoms in total. The summed E-state index contributed by atoms with van der Waals surface area (Å²) in [6.07, 6.45) is 1.20. The van der Waals surface area contributed by atoms with Crippen LogP contribution in [0.5, 0.6) is 0 Å². The van der Waals surface area contributed by atoms with Gasteiger partial charge in [-0.05, 0) is 35.6 Å². The zero-order valence-corrected chi connectivity index (χ0v) is 16.9. The van der Waals surface area contributed by atoms with Crippen LogP contribution in [0, 0.1) is 0 Å². The minimum atomic E-state index is 0.949. The van der Waals surface area contributed by atoms with E-state index in [9.17, 15) is 0 Å². The molecule has 1 saturated heterocycles. The van der Waals surface area contributed by atoms with Crippen LogP contribution in [0.2, 0.25) is 0 Å². The number of thiophene rings is 1. The Balaban J connectivity index is 1.22. The van der Waals surface area contributed by atoms with Gasteiger partial charge in [0, 0.05) is 70.0 Å². The molecule has 0 bridgehead atoms. The van der Waals surface area contributed by atoms with E-state index >= 15 is 0 Å². The Morgan fingerprint density at radius 3 is 2.67 bits per heavy atom. The summed E-state index contributed by atoms with van der Waals surface area (Å²) < 4.78 is 0. The highest BCUT2D eigenvalue weighted by Crippen LogP contribution is 2.23. The van der Waals surface area contributed by atoms with Crippen LogP contribution >= 0.6 is 11.3 Å². The Morgan fingerprint density at radius 2 is 1.89 bits per heavy atom. The van der Waals surface area contributed by atoms with Crippen molar-refractivity contribution in [2.45, 2.75) is 13.0 Å². The van der Waals surface area contributed by atoms with Gasteiger partial charge >= 0.3 is 0 Å². The predicted octanol–water partition coefficient (Wildman–Crippen LogP) is 2.50. The molecule has 3 heterocycles. The first-order valence-electron chi connectivity index (χ1n) is 9.86. The van der Waals surface area contributed by atoms with Crippen molar-refractivity contribution in [2.24, 2.45) is 4.99 Å². The molecule has 1 aromatic heterocycles. The third-order valence-electron chi connectivity index (χ3n) is 5.51. The van der Waals surface area contributed by atoms with Gasteiger partial charge in [0.1, 0.15) is 0 Å². The lowest BCUT2D eigenvalue weighted by Gasteiger charge is -2.38. The standard InChI is InChI=1S/C21H29N5S/c1-22-21(23-9-11-24-10-7-20-18(17-24)8-16-27-20)26-14-12-25(13-15-26)19-5-3-2-4-6-19/h2-6,8,16H,7,9-15,17H2,1H3,(H,22,23). The Morgan fingerprint density at radius 1 is 1.07 bits per heavy atom. The van der Waals surface area contributed by atoms with E-state index in [1.807, 2.05) is 18.4 Å². The van der Waals surface area contributed by atoms with Crippen LogP contribution in [0.4, 0.5) is 5.69 Å². The third kappa shape index (κ3) is 4.45. The van der Waals surface area contributed by atoms with Gasteiger partial charge in [0.2, 0.25) is 0 Å². The third-order valence-corrected chi connectivity index (χ3v) is 6.53. The number of hydrogen-bond acceptors (Lipinski definition) is 4. The van der Waals surface area contributed by atoms with Gasteiger partial charge in [0.15, 0.2) is 5.96 Å². The quantitative estimate of drug-likeness (QED) is 0.650. The van der Waals surface area contributed by atoms with E-state index in [2.05, 4.69) is 66.8 Å². The fourth-order valence-corrected chi connectivity index (χ4v) is 4.86. The smallest absolute Gasteiger partial charge is 0.193 e. The van der Waals surface area contributed by atoms with Crippen molar-refractivity contribution in [3.05, 3.63) is 52.2 Å². The van der Waals surface area contributed by atoms with Crippen LogP contribution in [-0.2, 0) is 13.0 Å². The Kier molecular flexibility index (Phi) is 5.94. The van der Waals surface area contributed by atoms with Gasteiger partial charge in [-0.1, -0.05) is 18.2 Å². The Hall–Kier alpha value is -2.05. The highest BCUT2D eigenvalue weighted by Gasteiger charge is 2.20. The lowest BCUT2D eigenvalue weighted by molar-refractivity contribution is 0.258. The summed E-state index contributed by atoms with van der Waals surface area (Å²) in [5.74, 6) is 1.04. The maximum atomic E-state index is 4.52. The monoisotopic (exact) mass is 383 g/mol. The molecule has 0 unspecified atom stereocenters. The predicted molar refractivity (Wildman–Crippen MR) is 115 cm³/mol. The van der Waals surface area contributed by atoms with Crippen molar-refractivity contribution in [3.63, 3.8) is 0 Å². The van der Waals surface area contributed by atoms with Crippen LogP contribution in [0.25, 0.3) is 0 Å². The highest BCUT2D eigenvalue weighted by molar-refractivity contribution is 7.10. The lowest BCUT2D eigenvalue weighted by atomic mass is 10.1. The van der Waals surface area contributed by atoms with Crippen molar-refractivity contribution in [1.29, 1.82) is 0 Å². The number of nitrogens with zero attached hydrogens (tertiary/aromatic N) is 4.